The zero-order valence-electron chi connectivity index (χ0n) is 14.9. The number of piperidine rings is 1. The Bertz CT molecular complexity index is 639. The number of hydrogen-bond donors (Lipinski definition) is 1. The van der Waals surface area contributed by atoms with Gasteiger partial charge in [0.1, 0.15) is 5.82 Å². The van der Waals surface area contributed by atoms with E-state index in [4.69, 9.17) is 10.1 Å². The average molecular weight is 349 g/mol. The number of thiophene rings is 1. The maximum atomic E-state index is 10.3. The first-order valence-corrected chi connectivity index (χ1v) is 9.73. The van der Waals surface area contributed by atoms with Crippen LogP contribution in [0.25, 0.3) is 0 Å². The maximum Gasteiger partial charge on any atom is 0.156 e. The van der Waals surface area contributed by atoms with Gasteiger partial charge in [0, 0.05) is 11.3 Å². The summed E-state index contributed by atoms with van der Waals surface area (Å²) in [5, 5.41) is 17.0. The molecule has 0 amide bonds. The van der Waals surface area contributed by atoms with Crippen molar-refractivity contribution in [1.29, 1.82) is 0 Å². The summed E-state index contributed by atoms with van der Waals surface area (Å²) >= 11 is 1.73. The molecular formula is C18H28N4OS. The Morgan fingerprint density at radius 3 is 2.67 bits per heavy atom. The smallest absolute Gasteiger partial charge is 0.156 e. The van der Waals surface area contributed by atoms with Crippen molar-refractivity contribution >= 4 is 11.3 Å². The minimum Gasteiger partial charge on any atom is -0.389 e. The summed E-state index contributed by atoms with van der Waals surface area (Å²) in [6.45, 7) is 8.57. The monoisotopic (exact) mass is 348 g/mol. The molecule has 0 spiro atoms. The molecule has 24 heavy (non-hydrogen) atoms. The number of aliphatic hydroxyl groups is 1. The average Bonchev–Trinajstić information content (AvgIpc) is 3.16. The molecule has 1 N–H and O–H groups in total. The van der Waals surface area contributed by atoms with E-state index < -0.39 is 5.60 Å². The van der Waals surface area contributed by atoms with E-state index in [1.54, 1.807) is 11.3 Å². The molecule has 0 bridgehead atoms. The van der Waals surface area contributed by atoms with Crippen LogP contribution in [0.1, 0.15) is 62.6 Å². The number of hydrogen-bond acceptors (Lipinski definition) is 5. The van der Waals surface area contributed by atoms with Gasteiger partial charge in [-0.05, 0) is 58.1 Å². The lowest BCUT2D eigenvalue weighted by Crippen LogP contribution is -2.35. The van der Waals surface area contributed by atoms with Crippen LogP contribution < -0.4 is 0 Å². The molecule has 1 unspecified atom stereocenters. The van der Waals surface area contributed by atoms with Gasteiger partial charge >= 0.3 is 0 Å². The largest absolute Gasteiger partial charge is 0.389 e. The van der Waals surface area contributed by atoms with Gasteiger partial charge in [0.2, 0.25) is 0 Å². The molecule has 0 saturated carbocycles. The summed E-state index contributed by atoms with van der Waals surface area (Å²) in [6.07, 6.45) is 4.59. The van der Waals surface area contributed by atoms with Gasteiger partial charge in [-0.1, -0.05) is 12.5 Å². The topological polar surface area (TPSA) is 54.2 Å². The normalized spacial score (nSPS) is 18.0. The van der Waals surface area contributed by atoms with E-state index in [0.717, 1.165) is 31.2 Å². The fourth-order valence-electron chi connectivity index (χ4n) is 3.31. The minimum absolute atomic E-state index is 0.234. The Labute approximate surface area is 148 Å². The lowest BCUT2D eigenvalue weighted by Gasteiger charge is -2.32. The van der Waals surface area contributed by atoms with Crippen molar-refractivity contribution in [3.63, 3.8) is 0 Å². The maximum absolute atomic E-state index is 10.3. The van der Waals surface area contributed by atoms with Crippen LogP contribution in [-0.2, 0) is 13.0 Å². The second kappa shape index (κ2) is 7.33. The van der Waals surface area contributed by atoms with Crippen LogP contribution >= 0.6 is 11.3 Å². The summed E-state index contributed by atoms with van der Waals surface area (Å²) in [5.74, 6) is 1.83. The number of likely N-dealkylation sites (tertiary alicyclic amines) is 1. The van der Waals surface area contributed by atoms with Crippen LogP contribution in [0, 0.1) is 0 Å². The number of aromatic nitrogens is 3. The van der Waals surface area contributed by atoms with Crippen LogP contribution in [0.15, 0.2) is 17.5 Å². The Balaban J connectivity index is 1.85. The van der Waals surface area contributed by atoms with Crippen molar-refractivity contribution in [2.75, 3.05) is 13.1 Å². The van der Waals surface area contributed by atoms with Crippen molar-refractivity contribution in [1.82, 2.24) is 19.7 Å². The van der Waals surface area contributed by atoms with Crippen molar-refractivity contribution in [2.45, 2.75) is 64.6 Å². The molecule has 2 aromatic heterocycles. The van der Waals surface area contributed by atoms with E-state index in [0.29, 0.717) is 6.54 Å². The molecule has 1 aliphatic rings. The van der Waals surface area contributed by atoms with E-state index in [1.807, 2.05) is 18.5 Å². The summed E-state index contributed by atoms with van der Waals surface area (Å²) in [6, 6.07) is 4.41. The van der Waals surface area contributed by atoms with E-state index in [1.165, 1.54) is 24.1 Å². The molecule has 3 rings (SSSR count). The lowest BCUT2D eigenvalue weighted by molar-refractivity contribution is 0.0540. The lowest BCUT2D eigenvalue weighted by atomic mass is 10.1. The van der Waals surface area contributed by atoms with Gasteiger partial charge in [-0.2, -0.15) is 5.10 Å². The summed E-state index contributed by atoms with van der Waals surface area (Å²) in [4.78, 5) is 8.61. The third-order valence-corrected chi connectivity index (χ3v) is 5.38. The molecule has 3 heterocycles. The van der Waals surface area contributed by atoms with Gasteiger partial charge in [0.15, 0.2) is 5.82 Å². The van der Waals surface area contributed by atoms with E-state index in [-0.39, 0.29) is 6.04 Å². The highest BCUT2D eigenvalue weighted by Crippen LogP contribution is 2.25. The van der Waals surface area contributed by atoms with Crippen molar-refractivity contribution in [2.24, 2.45) is 0 Å². The number of nitrogens with zero attached hydrogens (tertiary/aromatic N) is 4. The van der Waals surface area contributed by atoms with Gasteiger partial charge in [-0.3, -0.25) is 4.90 Å². The van der Waals surface area contributed by atoms with Gasteiger partial charge < -0.3 is 5.11 Å². The Morgan fingerprint density at radius 2 is 2.04 bits per heavy atom. The molecule has 6 heteroatoms. The first-order valence-electron chi connectivity index (χ1n) is 8.85. The van der Waals surface area contributed by atoms with E-state index in [2.05, 4.69) is 29.3 Å². The van der Waals surface area contributed by atoms with Crippen molar-refractivity contribution < 1.29 is 5.11 Å². The zero-order valence-corrected chi connectivity index (χ0v) is 15.7. The predicted octanol–water partition coefficient (Wildman–Crippen LogP) is 3.25. The standard InChI is InChI=1S/C18H28N4OS/c1-14(21-9-5-4-6-10-21)17-19-16(12-15-8-7-11-24-15)20-22(17)13-18(2,3)23/h7-8,11,14,23H,4-6,9-10,12-13H2,1-3H3. The Kier molecular flexibility index (Phi) is 5.37. The highest BCUT2D eigenvalue weighted by atomic mass is 32.1. The zero-order chi connectivity index (χ0) is 17.2. The summed E-state index contributed by atoms with van der Waals surface area (Å²) in [7, 11) is 0. The fraction of sp³-hybridized carbons (Fsp3) is 0.667. The fourth-order valence-corrected chi connectivity index (χ4v) is 4.01. The van der Waals surface area contributed by atoms with Crippen LogP contribution in [0.2, 0.25) is 0 Å². The Morgan fingerprint density at radius 1 is 1.29 bits per heavy atom. The molecule has 2 aromatic rings. The molecule has 0 aromatic carbocycles. The second-order valence-corrected chi connectivity index (χ2v) is 8.42. The molecule has 1 saturated heterocycles. The highest BCUT2D eigenvalue weighted by molar-refractivity contribution is 7.09. The molecular weight excluding hydrogens is 320 g/mol. The summed E-state index contributed by atoms with van der Waals surface area (Å²) < 4.78 is 1.92. The SMILES string of the molecule is CC(c1nc(Cc2cccs2)nn1CC(C)(C)O)N1CCCCC1. The van der Waals surface area contributed by atoms with Crippen molar-refractivity contribution in [3.8, 4) is 0 Å². The molecule has 132 valence electrons. The first kappa shape index (κ1) is 17.6. The quantitative estimate of drug-likeness (QED) is 0.871. The molecule has 5 nitrogen and oxygen atoms in total. The predicted molar refractivity (Wildman–Crippen MR) is 97.3 cm³/mol. The van der Waals surface area contributed by atoms with E-state index in [9.17, 15) is 5.11 Å². The van der Waals surface area contributed by atoms with Crippen LogP contribution in [0.5, 0.6) is 0 Å². The van der Waals surface area contributed by atoms with Gasteiger partial charge in [0.25, 0.3) is 0 Å². The minimum atomic E-state index is -0.801. The molecule has 0 aliphatic carbocycles. The van der Waals surface area contributed by atoms with Gasteiger partial charge in [-0.25, -0.2) is 9.67 Å². The molecule has 1 fully saturated rings. The van der Waals surface area contributed by atoms with Gasteiger partial charge in [0.05, 0.1) is 18.2 Å². The second-order valence-electron chi connectivity index (χ2n) is 7.39. The third kappa shape index (κ3) is 4.43. The highest BCUT2D eigenvalue weighted by Gasteiger charge is 2.26. The Hall–Kier alpha value is -1.24. The molecule has 0 radical (unpaired) electrons. The van der Waals surface area contributed by atoms with Crippen LogP contribution in [0.3, 0.4) is 0 Å². The van der Waals surface area contributed by atoms with Crippen LogP contribution in [0.4, 0.5) is 0 Å². The van der Waals surface area contributed by atoms with Crippen molar-refractivity contribution in [3.05, 3.63) is 34.0 Å². The molecule has 1 atom stereocenters. The molecule has 1 aliphatic heterocycles. The van der Waals surface area contributed by atoms with Gasteiger partial charge in [-0.15, -0.1) is 11.3 Å². The first-order chi connectivity index (χ1) is 11.4. The summed E-state index contributed by atoms with van der Waals surface area (Å²) in [5.41, 5.74) is -0.801. The van der Waals surface area contributed by atoms with E-state index >= 15 is 0 Å². The van der Waals surface area contributed by atoms with Crippen LogP contribution in [-0.4, -0.2) is 43.5 Å². The number of rotatable bonds is 6. The third-order valence-electron chi connectivity index (χ3n) is 4.51.